The second-order valence-electron chi connectivity index (χ2n) is 6.58. The average molecular weight is 320 g/mol. The fourth-order valence-corrected chi connectivity index (χ4v) is 2.93. The predicted octanol–water partition coefficient (Wildman–Crippen LogP) is 3.17. The molecule has 5 nitrogen and oxygen atoms in total. The Kier molecular flexibility index (Phi) is 6.25. The van der Waals surface area contributed by atoms with Gasteiger partial charge in [0.2, 0.25) is 5.91 Å². The molecule has 1 fully saturated rings. The molecule has 5 heteroatoms. The molecule has 1 aliphatic rings. The van der Waals surface area contributed by atoms with Crippen molar-refractivity contribution in [1.29, 1.82) is 0 Å². The maximum atomic E-state index is 12.6. The van der Waals surface area contributed by atoms with Crippen molar-refractivity contribution in [2.24, 2.45) is 5.92 Å². The quantitative estimate of drug-likeness (QED) is 0.809. The lowest BCUT2D eigenvalue weighted by Crippen LogP contribution is -2.43. The lowest BCUT2D eigenvalue weighted by Gasteiger charge is -2.32. The van der Waals surface area contributed by atoms with E-state index < -0.39 is 0 Å². The molecule has 0 unspecified atom stereocenters. The van der Waals surface area contributed by atoms with Gasteiger partial charge in [0.15, 0.2) is 0 Å². The molecule has 0 radical (unpaired) electrons. The van der Waals surface area contributed by atoms with Crippen LogP contribution in [0.1, 0.15) is 56.8 Å². The predicted molar refractivity (Wildman–Crippen MR) is 89.1 cm³/mol. The lowest BCUT2D eigenvalue weighted by atomic mass is 9.99. The highest BCUT2D eigenvalue weighted by Gasteiger charge is 2.24. The molecule has 0 spiro atoms. The summed E-state index contributed by atoms with van der Waals surface area (Å²) in [6.07, 6.45) is 6.37. The third kappa shape index (κ3) is 4.60. The van der Waals surface area contributed by atoms with Crippen LogP contribution in [-0.2, 0) is 4.79 Å². The van der Waals surface area contributed by atoms with Crippen LogP contribution < -0.4 is 0 Å². The van der Waals surface area contributed by atoms with Gasteiger partial charge in [-0.1, -0.05) is 13.8 Å². The normalized spacial score (nSPS) is 17.1. The summed E-state index contributed by atoms with van der Waals surface area (Å²) in [7, 11) is 0. The molecule has 2 heterocycles. The molecule has 2 rings (SSSR count). The summed E-state index contributed by atoms with van der Waals surface area (Å²) in [5, 5.41) is 0. The van der Waals surface area contributed by atoms with Crippen molar-refractivity contribution < 1.29 is 14.0 Å². The number of carbonyl (C=O) groups excluding carboxylic acids is 2. The second kappa shape index (κ2) is 8.18. The van der Waals surface area contributed by atoms with Crippen molar-refractivity contribution in [3.05, 3.63) is 24.2 Å². The van der Waals surface area contributed by atoms with Crippen LogP contribution in [0.25, 0.3) is 0 Å². The maximum absolute atomic E-state index is 12.6. The average Bonchev–Trinajstić information content (AvgIpc) is 3.09. The van der Waals surface area contributed by atoms with Gasteiger partial charge in [-0.05, 0) is 38.2 Å². The molecule has 1 aromatic rings. The number of hydrogen-bond donors (Lipinski definition) is 0. The molecule has 1 atom stereocenters. The zero-order chi connectivity index (χ0) is 16.8. The monoisotopic (exact) mass is 320 g/mol. The fourth-order valence-electron chi connectivity index (χ4n) is 2.93. The van der Waals surface area contributed by atoms with E-state index >= 15 is 0 Å². The molecule has 1 aliphatic heterocycles. The minimum Gasteiger partial charge on any atom is -0.472 e. The molecule has 0 aliphatic carbocycles. The van der Waals surface area contributed by atoms with E-state index in [1.165, 1.54) is 12.5 Å². The van der Waals surface area contributed by atoms with E-state index in [0.717, 1.165) is 32.4 Å². The Morgan fingerprint density at radius 3 is 2.65 bits per heavy atom. The number of nitrogens with zero attached hydrogens (tertiary/aromatic N) is 2. The van der Waals surface area contributed by atoms with Crippen LogP contribution >= 0.6 is 0 Å². The third-order valence-electron chi connectivity index (χ3n) is 4.85. The number of hydrogen-bond acceptors (Lipinski definition) is 3. The number of carbonyl (C=O) groups is 2. The van der Waals surface area contributed by atoms with E-state index in [0.29, 0.717) is 24.4 Å². The largest absolute Gasteiger partial charge is 0.472 e. The first-order chi connectivity index (χ1) is 11.0. The first-order valence-corrected chi connectivity index (χ1v) is 8.63. The minimum absolute atomic E-state index is 0.0619. The van der Waals surface area contributed by atoms with Gasteiger partial charge in [-0.25, -0.2) is 0 Å². The van der Waals surface area contributed by atoms with Crippen LogP contribution in [0.15, 0.2) is 23.0 Å². The van der Waals surface area contributed by atoms with Gasteiger partial charge < -0.3 is 14.2 Å². The molecule has 1 aromatic heterocycles. The number of piperidine rings is 1. The number of rotatable bonds is 6. The van der Waals surface area contributed by atoms with Gasteiger partial charge in [-0.2, -0.15) is 0 Å². The third-order valence-corrected chi connectivity index (χ3v) is 4.85. The molecule has 0 N–H and O–H groups in total. The molecule has 0 aromatic carbocycles. The van der Waals surface area contributed by atoms with Gasteiger partial charge >= 0.3 is 0 Å². The van der Waals surface area contributed by atoms with Crippen LogP contribution in [0.5, 0.6) is 0 Å². The van der Waals surface area contributed by atoms with Crippen molar-refractivity contribution >= 4 is 11.8 Å². The van der Waals surface area contributed by atoms with Crippen molar-refractivity contribution in [3.63, 3.8) is 0 Å². The van der Waals surface area contributed by atoms with Crippen LogP contribution in [0, 0.1) is 5.92 Å². The van der Waals surface area contributed by atoms with Gasteiger partial charge in [0.25, 0.3) is 5.91 Å². The molecule has 128 valence electrons. The minimum atomic E-state index is -0.0619. The van der Waals surface area contributed by atoms with Gasteiger partial charge in [0.1, 0.15) is 6.26 Å². The molecule has 0 bridgehead atoms. The summed E-state index contributed by atoms with van der Waals surface area (Å²) in [5.74, 6) is 0.802. The van der Waals surface area contributed by atoms with Crippen LogP contribution in [0.3, 0.4) is 0 Å². The SMILES string of the molecule is CC[C@H](C)N(CCC(=O)N1CCC(C)CC1)C(=O)c1ccoc1. The standard InChI is InChI=1S/C18H28N2O3/c1-4-15(3)20(18(22)16-8-12-23-13-16)11-7-17(21)19-9-5-14(2)6-10-19/h8,12-15H,4-7,9-11H2,1-3H3/t15-/m0/s1. The van der Waals surface area contributed by atoms with E-state index in [-0.39, 0.29) is 17.9 Å². The van der Waals surface area contributed by atoms with E-state index in [2.05, 4.69) is 6.92 Å². The first-order valence-electron chi connectivity index (χ1n) is 8.63. The smallest absolute Gasteiger partial charge is 0.257 e. The van der Waals surface area contributed by atoms with Gasteiger partial charge in [-0.15, -0.1) is 0 Å². The van der Waals surface area contributed by atoms with E-state index in [1.54, 1.807) is 11.0 Å². The summed E-state index contributed by atoms with van der Waals surface area (Å²) in [5.41, 5.74) is 0.546. The highest BCUT2D eigenvalue weighted by atomic mass is 16.3. The van der Waals surface area contributed by atoms with Crippen molar-refractivity contribution in [1.82, 2.24) is 9.80 Å². The van der Waals surface area contributed by atoms with E-state index in [4.69, 9.17) is 4.42 Å². The second-order valence-corrected chi connectivity index (χ2v) is 6.58. The van der Waals surface area contributed by atoms with Crippen molar-refractivity contribution in [2.75, 3.05) is 19.6 Å². The summed E-state index contributed by atoms with van der Waals surface area (Å²) in [6, 6.07) is 1.78. The van der Waals surface area contributed by atoms with E-state index in [1.807, 2.05) is 18.7 Å². The summed E-state index contributed by atoms with van der Waals surface area (Å²) in [6.45, 7) is 8.46. The Morgan fingerprint density at radius 1 is 1.39 bits per heavy atom. The molecule has 23 heavy (non-hydrogen) atoms. The Hall–Kier alpha value is -1.78. The highest BCUT2D eigenvalue weighted by Crippen LogP contribution is 2.17. The highest BCUT2D eigenvalue weighted by molar-refractivity contribution is 5.94. The van der Waals surface area contributed by atoms with Crippen LogP contribution in [0.2, 0.25) is 0 Å². The zero-order valence-electron chi connectivity index (χ0n) is 14.5. The number of amides is 2. The van der Waals surface area contributed by atoms with Gasteiger partial charge in [-0.3, -0.25) is 9.59 Å². The van der Waals surface area contributed by atoms with Crippen molar-refractivity contribution in [3.8, 4) is 0 Å². The number of furan rings is 1. The Bertz CT molecular complexity index is 504. The summed E-state index contributed by atoms with van der Waals surface area (Å²) >= 11 is 0. The van der Waals surface area contributed by atoms with Gasteiger partial charge in [0.05, 0.1) is 11.8 Å². The Labute approximate surface area is 138 Å². The summed E-state index contributed by atoms with van der Waals surface area (Å²) in [4.78, 5) is 28.7. The molecular formula is C18H28N2O3. The summed E-state index contributed by atoms with van der Waals surface area (Å²) < 4.78 is 5.01. The van der Waals surface area contributed by atoms with Crippen LogP contribution in [0.4, 0.5) is 0 Å². The lowest BCUT2D eigenvalue weighted by molar-refractivity contribution is -0.132. The van der Waals surface area contributed by atoms with Crippen LogP contribution in [-0.4, -0.2) is 47.3 Å². The number of likely N-dealkylation sites (tertiary alicyclic amines) is 1. The van der Waals surface area contributed by atoms with Crippen molar-refractivity contribution in [2.45, 2.75) is 52.5 Å². The van der Waals surface area contributed by atoms with E-state index in [9.17, 15) is 9.59 Å². The molecule has 2 amide bonds. The van der Waals surface area contributed by atoms with Gasteiger partial charge in [0, 0.05) is 32.1 Å². The fraction of sp³-hybridized carbons (Fsp3) is 0.667. The zero-order valence-corrected chi connectivity index (χ0v) is 14.5. The Balaban J connectivity index is 1.93. The molecule has 1 saturated heterocycles. The molecular weight excluding hydrogens is 292 g/mol. The maximum Gasteiger partial charge on any atom is 0.257 e. The first kappa shape index (κ1) is 17.6. The molecule has 0 saturated carbocycles. The topological polar surface area (TPSA) is 53.8 Å². The Morgan fingerprint density at radius 2 is 2.09 bits per heavy atom.